The molecule has 1 fully saturated rings. The molecule has 2 heterocycles. The third-order valence-electron chi connectivity index (χ3n) is 5.66. The van der Waals surface area contributed by atoms with Crippen molar-refractivity contribution in [3.05, 3.63) is 50.5 Å². The summed E-state index contributed by atoms with van der Waals surface area (Å²) in [5.41, 5.74) is -0.956. The topological polar surface area (TPSA) is 165 Å². The number of nitro benzene ring substituents is 1. The molecule has 0 aliphatic carbocycles. The van der Waals surface area contributed by atoms with Crippen LogP contribution in [0.15, 0.2) is 34.9 Å². The lowest BCUT2D eigenvalue weighted by atomic mass is 9.83. The molecule has 2 aliphatic rings. The Bertz CT molecular complexity index is 1130. The number of rotatable bonds is 9. The number of hydrogen-bond acceptors (Lipinski definition) is 9. The van der Waals surface area contributed by atoms with Crippen molar-refractivity contribution < 1.29 is 38.1 Å². The van der Waals surface area contributed by atoms with Crippen LogP contribution >= 0.6 is 0 Å². The van der Waals surface area contributed by atoms with E-state index >= 15 is 0 Å². The molecule has 2 amide bonds. The second-order valence-corrected chi connectivity index (χ2v) is 11.1. The Labute approximate surface area is 210 Å². The summed E-state index contributed by atoms with van der Waals surface area (Å²) in [6.45, 7) is 6.14. The monoisotopic (exact) mass is 523 g/mol. The number of nitro groups is 1. The van der Waals surface area contributed by atoms with Gasteiger partial charge in [0, 0.05) is 29.7 Å². The van der Waals surface area contributed by atoms with Gasteiger partial charge in [0.15, 0.2) is 0 Å². The minimum atomic E-state index is -1.77. The van der Waals surface area contributed by atoms with Crippen LogP contribution in [0.5, 0.6) is 0 Å². The molecule has 1 saturated heterocycles. The van der Waals surface area contributed by atoms with E-state index in [9.17, 15) is 33.8 Å². The Morgan fingerprint density at radius 2 is 2.00 bits per heavy atom. The van der Waals surface area contributed by atoms with Gasteiger partial charge in [0.1, 0.15) is 17.9 Å². The number of nitrogens with one attached hydrogen (secondary N) is 1. The van der Waals surface area contributed by atoms with Gasteiger partial charge in [-0.3, -0.25) is 19.1 Å². The molecule has 12 nitrogen and oxygen atoms in total. The number of alkyl carbamates (subject to hydrolysis) is 1. The van der Waals surface area contributed by atoms with Crippen LogP contribution in [0.1, 0.15) is 39.7 Å². The SMILES string of the molecule is CC(O)C1C(=O)N2C(C(=O)OCc3ccccc3[N+](=O)[O-])=C(S(=O)CCNC(=O)OC(C)(C)C)CC12. The van der Waals surface area contributed by atoms with Crippen LogP contribution in [-0.2, 0) is 36.5 Å². The van der Waals surface area contributed by atoms with E-state index in [1.165, 1.54) is 30.0 Å². The molecule has 1 aromatic carbocycles. The molecule has 0 spiro atoms. The normalized spacial score (nSPS) is 20.8. The quantitative estimate of drug-likeness (QED) is 0.212. The zero-order valence-electron chi connectivity index (χ0n) is 20.4. The Hall–Kier alpha value is -3.32. The first-order valence-electron chi connectivity index (χ1n) is 11.3. The zero-order valence-corrected chi connectivity index (χ0v) is 21.2. The number of hydrogen-bond donors (Lipinski definition) is 2. The minimum Gasteiger partial charge on any atom is -0.456 e. The maximum Gasteiger partial charge on any atom is 0.407 e. The molecule has 2 N–H and O–H groups in total. The fourth-order valence-corrected chi connectivity index (χ4v) is 5.42. The molecule has 13 heteroatoms. The Morgan fingerprint density at radius 1 is 1.33 bits per heavy atom. The van der Waals surface area contributed by atoms with Gasteiger partial charge in [-0.15, -0.1) is 0 Å². The predicted octanol–water partition coefficient (Wildman–Crippen LogP) is 1.73. The molecule has 4 atom stereocenters. The number of aliphatic hydroxyl groups is 1. The maximum absolute atomic E-state index is 13.1. The van der Waals surface area contributed by atoms with Crippen molar-refractivity contribution in [1.29, 1.82) is 0 Å². The molecule has 0 bridgehead atoms. The summed E-state index contributed by atoms with van der Waals surface area (Å²) in [5.74, 6) is -2.25. The van der Waals surface area contributed by atoms with Crippen molar-refractivity contribution in [2.45, 2.75) is 58.5 Å². The van der Waals surface area contributed by atoms with Crippen molar-refractivity contribution in [3.63, 3.8) is 0 Å². The Morgan fingerprint density at radius 3 is 2.61 bits per heavy atom. The van der Waals surface area contributed by atoms with Crippen LogP contribution in [-0.4, -0.2) is 67.2 Å². The van der Waals surface area contributed by atoms with Crippen molar-refractivity contribution >= 4 is 34.5 Å². The molecular weight excluding hydrogens is 494 g/mol. The average Bonchev–Trinajstić information content (AvgIpc) is 3.11. The average molecular weight is 524 g/mol. The van der Waals surface area contributed by atoms with Crippen LogP contribution in [0.4, 0.5) is 10.5 Å². The van der Waals surface area contributed by atoms with Crippen LogP contribution in [0.2, 0.25) is 0 Å². The molecule has 4 unspecified atom stereocenters. The van der Waals surface area contributed by atoms with E-state index in [2.05, 4.69) is 5.32 Å². The second-order valence-electron chi connectivity index (χ2n) is 9.46. The van der Waals surface area contributed by atoms with Gasteiger partial charge >= 0.3 is 12.1 Å². The van der Waals surface area contributed by atoms with Gasteiger partial charge in [0.05, 0.1) is 39.4 Å². The van der Waals surface area contributed by atoms with E-state index in [4.69, 9.17) is 9.47 Å². The maximum atomic E-state index is 13.1. The molecule has 0 radical (unpaired) electrons. The summed E-state index contributed by atoms with van der Waals surface area (Å²) in [7, 11) is -1.77. The standard InChI is InChI=1S/C23H29N3O9S/c1-13(27)18-16-11-17(36(33)10-9-24-22(30)35-23(2,3)4)19(25(16)20(18)28)21(29)34-12-14-7-5-6-8-15(14)26(31)32/h5-8,13,16,18,27H,9-12H2,1-4H3,(H,24,30). The number of amides is 2. The number of ether oxygens (including phenoxy) is 2. The van der Waals surface area contributed by atoms with Crippen LogP contribution in [0.25, 0.3) is 0 Å². The number of carbonyl (C=O) groups is 3. The van der Waals surface area contributed by atoms with Gasteiger partial charge in [-0.25, -0.2) is 9.59 Å². The second kappa shape index (κ2) is 10.7. The van der Waals surface area contributed by atoms with E-state index in [1.54, 1.807) is 26.8 Å². The fraction of sp³-hybridized carbons (Fsp3) is 0.522. The third-order valence-corrected chi connectivity index (χ3v) is 7.14. The summed E-state index contributed by atoms with van der Waals surface area (Å²) >= 11 is 0. The van der Waals surface area contributed by atoms with Gasteiger partial charge in [-0.05, 0) is 33.8 Å². The van der Waals surface area contributed by atoms with Crippen molar-refractivity contribution in [1.82, 2.24) is 10.2 Å². The molecule has 0 saturated carbocycles. The smallest absolute Gasteiger partial charge is 0.407 e. The molecule has 196 valence electrons. The van der Waals surface area contributed by atoms with E-state index in [0.717, 1.165) is 0 Å². The number of aliphatic hydroxyl groups excluding tert-OH is 1. The molecular formula is C23H29N3O9S. The van der Waals surface area contributed by atoms with Crippen LogP contribution in [0, 0.1) is 16.0 Å². The molecule has 1 aromatic rings. The number of carbonyl (C=O) groups excluding carboxylic acids is 3. The number of nitrogens with zero attached hydrogens (tertiary/aromatic N) is 2. The highest BCUT2D eigenvalue weighted by Crippen LogP contribution is 2.45. The summed E-state index contributed by atoms with van der Waals surface area (Å²) in [4.78, 5) is 49.5. The van der Waals surface area contributed by atoms with Gasteiger partial charge in [0.2, 0.25) is 5.91 Å². The van der Waals surface area contributed by atoms with Crippen molar-refractivity contribution in [3.8, 4) is 0 Å². The number of esters is 1. The molecule has 36 heavy (non-hydrogen) atoms. The summed E-state index contributed by atoms with van der Waals surface area (Å²) in [6, 6.07) is 5.21. The van der Waals surface area contributed by atoms with Gasteiger partial charge < -0.3 is 24.8 Å². The first kappa shape index (κ1) is 27.3. The van der Waals surface area contributed by atoms with E-state index in [0.29, 0.717) is 0 Å². The molecule has 3 rings (SSSR count). The number of para-hydroxylation sites is 1. The molecule has 0 aromatic heterocycles. The van der Waals surface area contributed by atoms with Gasteiger partial charge in [0.25, 0.3) is 5.69 Å². The van der Waals surface area contributed by atoms with E-state index in [1.807, 2.05) is 0 Å². The van der Waals surface area contributed by atoms with Crippen molar-refractivity contribution in [2.75, 3.05) is 12.3 Å². The fourth-order valence-electron chi connectivity index (χ4n) is 4.13. The largest absolute Gasteiger partial charge is 0.456 e. The highest BCUT2D eigenvalue weighted by molar-refractivity contribution is 7.89. The highest BCUT2D eigenvalue weighted by atomic mass is 32.2. The Balaban J connectivity index is 1.76. The Kier molecular flexibility index (Phi) is 8.14. The first-order chi connectivity index (χ1) is 16.8. The van der Waals surface area contributed by atoms with Crippen LogP contribution < -0.4 is 5.32 Å². The van der Waals surface area contributed by atoms with Crippen LogP contribution in [0.3, 0.4) is 0 Å². The lowest BCUT2D eigenvalue weighted by Gasteiger charge is -2.44. The van der Waals surface area contributed by atoms with E-state index in [-0.39, 0.29) is 40.6 Å². The molecule has 2 aliphatic heterocycles. The minimum absolute atomic E-state index is 0.0119. The summed E-state index contributed by atoms with van der Waals surface area (Å²) < 4.78 is 23.5. The van der Waals surface area contributed by atoms with Gasteiger partial charge in [-0.2, -0.15) is 0 Å². The predicted molar refractivity (Wildman–Crippen MR) is 128 cm³/mol. The highest BCUT2D eigenvalue weighted by Gasteiger charge is 2.57. The third kappa shape index (κ3) is 5.90. The number of benzene rings is 1. The lowest BCUT2D eigenvalue weighted by molar-refractivity contribution is -0.385. The number of fused-ring (bicyclic) bond motifs is 1. The zero-order chi connectivity index (χ0) is 26.8. The lowest BCUT2D eigenvalue weighted by Crippen LogP contribution is -2.61. The number of β-lactam (4-membered cyclic amide) rings is 1. The van der Waals surface area contributed by atoms with Gasteiger partial charge in [-0.1, -0.05) is 12.1 Å². The summed E-state index contributed by atoms with van der Waals surface area (Å²) in [5, 5.41) is 23.7. The first-order valence-corrected chi connectivity index (χ1v) is 12.6. The van der Waals surface area contributed by atoms with Crippen molar-refractivity contribution in [2.24, 2.45) is 5.92 Å². The van der Waals surface area contributed by atoms with E-state index < -0.39 is 64.0 Å². The summed E-state index contributed by atoms with van der Waals surface area (Å²) in [6.07, 6.45) is -1.56.